The molecule has 2 N–H and O–H groups in total. The zero-order chi connectivity index (χ0) is 13.4. The minimum Gasteiger partial charge on any atom is -0.352 e. The van der Waals surface area contributed by atoms with Crippen molar-refractivity contribution < 1.29 is 4.79 Å². The molecule has 0 aromatic rings. The summed E-state index contributed by atoms with van der Waals surface area (Å²) >= 11 is 1.98. The van der Waals surface area contributed by atoms with Crippen LogP contribution in [0.5, 0.6) is 0 Å². The summed E-state index contributed by atoms with van der Waals surface area (Å²) in [5.74, 6) is 0.149. The molecule has 106 valence electrons. The average Bonchev–Trinajstić information content (AvgIpc) is 2.43. The normalized spacial score (nSPS) is 24.2. The van der Waals surface area contributed by atoms with Crippen LogP contribution >= 0.6 is 11.8 Å². The standard InChI is InChI=1S/C14H28N2OS/c1-4-11(5-2)16-14(17)10-15-12-6-8-13(18-3)9-7-12/h11-13,15H,4-10H2,1-3H3,(H,16,17). The fourth-order valence-electron chi connectivity index (χ4n) is 2.51. The number of hydrogen-bond acceptors (Lipinski definition) is 3. The van der Waals surface area contributed by atoms with Crippen molar-refractivity contribution in [3.8, 4) is 0 Å². The van der Waals surface area contributed by atoms with Crippen LogP contribution < -0.4 is 10.6 Å². The van der Waals surface area contributed by atoms with E-state index >= 15 is 0 Å². The first kappa shape index (κ1) is 15.8. The number of hydrogen-bond donors (Lipinski definition) is 2. The van der Waals surface area contributed by atoms with Gasteiger partial charge in [0, 0.05) is 17.3 Å². The minimum atomic E-state index is 0.149. The van der Waals surface area contributed by atoms with Crippen LogP contribution in [0.15, 0.2) is 0 Å². The zero-order valence-electron chi connectivity index (χ0n) is 12.0. The van der Waals surface area contributed by atoms with Gasteiger partial charge in [0.1, 0.15) is 0 Å². The summed E-state index contributed by atoms with van der Waals surface area (Å²) < 4.78 is 0. The van der Waals surface area contributed by atoms with E-state index in [1.807, 2.05) is 11.8 Å². The fourth-order valence-corrected chi connectivity index (χ4v) is 3.25. The summed E-state index contributed by atoms with van der Waals surface area (Å²) in [5, 5.41) is 7.30. The van der Waals surface area contributed by atoms with E-state index in [4.69, 9.17) is 0 Å². The predicted molar refractivity (Wildman–Crippen MR) is 80.1 cm³/mol. The molecule has 0 aliphatic heterocycles. The third-order valence-electron chi connectivity index (χ3n) is 3.91. The Bertz CT molecular complexity index is 236. The molecule has 0 saturated heterocycles. The lowest BCUT2D eigenvalue weighted by Crippen LogP contribution is -2.44. The topological polar surface area (TPSA) is 41.1 Å². The largest absolute Gasteiger partial charge is 0.352 e. The highest BCUT2D eigenvalue weighted by atomic mass is 32.2. The van der Waals surface area contributed by atoms with Crippen molar-refractivity contribution in [1.29, 1.82) is 0 Å². The van der Waals surface area contributed by atoms with E-state index in [1.54, 1.807) is 0 Å². The summed E-state index contributed by atoms with van der Waals surface area (Å²) in [6.07, 6.45) is 9.22. The molecule has 1 fully saturated rings. The summed E-state index contributed by atoms with van der Waals surface area (Å²) in [6, 6.07) is 0.882. The van der Waals surface area contributed by atoms with Crippen LogP contribution in [0.3, 0.4) is 0 Å². The predicted octanol–water partition coefficient (Wildman–Crippen LogP) is 2.55. The van der Waals surface area contributed by atoms with E-state index in [1.165, 1.54) is 25.7 Å². The molecule has 4 heteroatoms. The van der Waals surface area contributed by atoms with Crippen molar-refractivity contribution in [2.75, 3.05) is 12.8 Å². The van der Waals surface area contributed by atoms with Crippen molar-refractivity contribution in [3.63, 3.8) is 0 Å². The molecule has 0 radical (unpaired) electrons. The van der Waals surface area contributed by atoms with Crippen molar-refractivity contribution >= 4 is 17.7 Å². The van der Waals surface area contributed by atoms with E-state index < -0.39 is 0 Å². The molecule has 1 saturated carbocycles. The van der Waals surface area contributed by atoms with Gasteiger partial charge >= 0.3 is 0 Å². The highest BCUT2D eigenvalue weighted by molar-refractivity contribution is 7.99. The molecule has 3 nitrogen and oxygen atoms in total. The SMILES string of the molecule is CCC(CC)NC(=O)CNC1CCC(SC)CC1. The first-order valence-corrected chi connectivity index (χ1v) is 8.53. The van der Waals surface area contributed by atoms with Crippen LogP contribution in [0.25, 0.3) is 0 Å². The van der Waals surface area contributed by atoms with Crippen molar-refractivity contribution in [2.45, 2.75) is 69.7 Å². The minimum absolute atomic E-state index is 0.149. The molecule has 0 bridgehead atoms. The van der Waals surface area contributed by atoms with Crippen molar-refractivity contribution in [1.82, 2.24) is 10.6 Å². The molecule has 1 aliphatic carbocycles. The zero-order valence-corrected chi connectivity index (χ0v) is 12.8. The average molecular weight is 272 g/mol. The number of carbonyl (C=O) groups excluding carboxylic acids is 1. The Morgan fingerprint density at radius 1 is 1.22 bits per heavy atom. The Kier molecular flexibility index (Phi) is 7.75. The van der Waals surface area contributed by atoms with Gasteiger partial charge in [0.2, 0.25) is 5.91 Å². The van der Waals surface area contributed by atoms with Gasteiger partial charge in [-0.2, -0.15) is 11.8 Å². The van der Waals surface area contributed by atoms with Gasteiger partial charge < -0.3 is 10.6 Å². The molecular weight excluding hydrogens is 244 g/mol. The van der Waals surface area contributed by atoms with Gasteiger partial charge in [0.25, 0.3) is 0 Å². The van der Waals surface area contributed by atoms with Crippen LogP contribution in [0.4, 0.5) is 0 Å². The Morgan fingerprint density at radius 3 is 2.33 bits per heavy atom. The first-order valence-electron chi connectivity index (χ1n) is 7.25. The van der Waals surface area contributed by atoms with Gasteiger partial charge in [-0.05, 0) is 44.8 Å². The van der Waals surface area contributed by atoms with Crippen LogP contribution in [0.1, 0.15) is 52.4 Å². The summed E-state index contributed by atoms with van der Waals surface area (Å²) in [7, 11) is 0. The number of thioether (sulfide) groups is 1. The van der Waals surface area contributed by atoms with Gasteiger partial charge in [-0.15, -0.1) is 0 Å². The van der Waals surface area contributed by atoms with Crippen molar-refractivity contribution in [3.05, 3.63) is 0 Å². The van der Waals surface area contributed by atoms with E-state index in [-0.39, 0.29) is 5.91 Å². The quantitative estimate of drug-likeness (QED) is 0.748. The molecule has 1 amide bonds. The highest BCUT2D eigenvalue weighted by Crippen LogP contribution is 2.26. The van der Waals surface area contributed by atoms with Gasteiger partial charge in [-0.3, -0.25) is 4.79 Å². The molecule has 0 atom stereocenters. The molecule has 0 aromatic carbocycles. The lowest BCUT2D eigenvalue weighted by molar-refractivity contribution is -0.121. The number of nitrogens with one attached hydrogen (secondary N) is 2. The Balaban J connectivity index is 2.15. The number of amides is 1. The molecule has 0 spiro atoms. The fraction of sp³-hybridized carbons (Fsp3) is 0.929. The van der Waals surface area contributed by atoms with E-state index in [2.05, 4.69) is 30.7 Å². The second kappa shape index (κ2) is 8.81. The molecule has 0 heterocycles. The second-order valence-corrected chi connectivity index (χ2v) is 6.31. The van der Waals surface area contributed by atoms with Crippen LogP contribution in [0.2, 0.25) is 0 Å². The third kappa shape index (κ3) is 5.61. The Labute approximate surface area is 116 Å². The van der Waals surface area contributed by atoms with E-state index in [0.717, 1.165) is 18.1 Å². The van der Waals surface area contributed by atoms with Crippen molar-refractivity contribution in [2.24, 2.45) is 0 Å². The molecule has 0 aromatic heterocycles. The summed E-state index contributed by atoms with van der Waals surface area (Å²) in [4.78, 5) is 11.8. The maximum Gasteiger partial charge on any atom is 0.234 e. The van der Waals surface area contributed by atoms with Crippen LogP contribution in [-0.2, 0) is 4.79 Å². The Hall–Kier alpha value is -0.220. The molecule has 0 unspecified atom stereocenters. The molecule has 1 rings (SSSR count). The Morgan fingerprint density at radius 2 is 1.83 bits per heavy atom. The van der Waals surface area contributed by atoms with Gasteiger partial charge in [0.15, 0.2) is 0 Å². The number of rotatable bonds is 7. The lowest BCUT2D eigenvalue weighted by atomic mass is 9.95. The lowest BCUT2D eigenvalue weighted by Gasteiger charge is -2.28. The smallest absolute Gasteiger partial charge is 0.234 e. The highest BCUT2D eigenvalue weighted by Gasteiger charge is 2.20. The number of carbonyl (C=O) groups is 1. The third-order valence-corrected chi connectivity index (χ3v) is 5.05. The maximum absolute atomic E-state index is 11.8. The first-order chi connectivity index (χ1) is 8.69. The monoisotopic (exact) mass is 272 g/mol. The summed E-state index contributed by atoms with van der Waals surface area (Å²) in [6.45, 7) is 4.71. The van der Waals surface area contributed by atoms with E-state index in [0.29, 0.717) is 18.6 Å². The molecule has 1 aliphatic rings. The van der Waals surface area contributed by atoms with Crippen LogP contribution in [-0.4, -0.2) is 36.0 Å². The molecule has 18 heavy (non-hydrogen) atoms. The van der Waals surface area contributed by atoms with Crippen LogP contribution in [0, 0.1) is 0 Å². The second-order valence-electron chi connectivity index (χ2n) is 5.17. The van der Waals surface area contributed by atoms with Gasteiger partial charge in [0.05, 0.1) is 6.54 Å². The van der Waals surface area contributed by atoms with Gasteiger partial charge in [-0.25, -0.2) is 0 Å². The van der Waals surface area contributed by atoms with E-state index in [9.17, 15) is 4.79 Å². The maximum atomic E-state index is 11.8. The summed E-state index contributed by atoms with van der Waals surface area (Å²) in [5.41, 5.74) is 0. The van der Waals surface area contributed by atoms with Gasteiger partial charge in [-0.1, -0.05) is 13.8 Å². The molecular formula is C14H28N2OS.